The first-order valence-corrected chi connectivity index (χ1v) is 6.85. The van der Waals surface area contributed by atoms with Crippen LogP contribution < -0.4 is 4.72 Å². The van der Waals surface area contributed by atoms with Crippen molar-refractivity contribution in [3.8, 4) is 0 Å². The maximum atomic E-state index is 12.7. The topological polar surface area (TPSA) is 63.2 Å². The fourth-order valence-electron chi connectivity index (χ4n) is 1.44. The van der Waals surface area contributed by atoms with Gasteiger partial charge in [0.2, 0.25) is 0 Å². The van der Waals surface area contributed by atoms with Gasteiger partial charge in [0.1, 0.15) is 5.82 Å². The van der Waals surface area contributed by atoms with Gasteiger partial charge in [0.15, 0.2) is 0 Å². The first-order valence-electron chi connectivity index (χ1n) is 5.37. The van der Waals surface area contributed by atoms with Crippen LogP contribution in [0.5, 0.6) is 0 Å². The molecule has 1 amide bonds. The van der Waals surface area contributed by atoms with E-state index in [1.807, 2.05) is 4.72 Å². The summed E-state index contributed by atoms with van der Waals surface area (Å²) in [4.78, 5) is 11.7. The zero-order valence-electron chi connectivity index (χ0n) is 9.71. The summed E-state index contributed by atoms with van der Waals surface area (Å²) in [5.74, 6) is -1.30. The molecular formula is C13H10FNO3S. The molecular weight excluding hydrogens is 269 g/mol. The van der Waals surface area contributed by atoms with Gasteiger partial charge in [-0.3, -0.25) is 4.79 Å². The van der Waals surface area contributed by atoms with E-state index in [4.69, 9.17) is 0 Å². The lowest BCUT2D eigenvalue weighted by atomic mass is 10.2. The van der Waals surface area contributed by atoms with Gasteiger partial charge in [0, 0.05) is 5.56 Å². The van der Waals surface area contributed by atoms with Gasteiger partial charge in [-0.25, -0.2) is 17.5 Å². The Kier molecular flexibility index (Phi) is 3.62. The Labute approximate surface area is 109 Å². The summed E-state index contributed by atoms with van der Waals surface area (Å²) in [6.07, 6.45) is 0. The maximum Gasteiger partial charge on any atom is 0.265 e. The van der Waals surface area contributed by atoms with Gasteiger partial charge >= 0.3 is 0 Å². The third-order valence-electron chi connectivity index (χ3n) is 2.39. The van der Waals surface area contributed by atoms with Crippen LogP contribution in [0, 0.1) is 5.82 Å². The van der Waals surface area contributed by atoms with E-state index in [-0.39, 0.29) is 10.5 Å². The van der Waals surface area contributed by atoms with Crippen molar-refractivity contribution in [1.29, 1.82) is 0 Å². The molecule has 98 valence electrons. The van der Waals surface area contributed by atoms with Crippen molar-refractivity contribution < 1.29 is 17.6 Å². The quantitative estimate of drug-likeness (QED) is 0.934. The van der Waals surface area contributed by atoms with Crippen LogP contribution in [0.4, 0.5) is 4.39 Å². The molecule has 0 aliphatic heterocycles. The number of benzene rings is 2. The van der Waals surface area contributed by atoms with Crippen LogP contribution in [0.2, 0.25) is 0 Å². The molecule has 6 heteroatoms. The van der Waals surface area contributed by atoms with Crippen LogP contribution in [0.15, 0.2) is 59.5 Å². The minimum Gasteiger partial charge on any atom is -0.268 e. The number of amides is 1. The molecule has 0 fully saturated rings. The number of carbonyl (C=O) groups is 1. The standard InChI is InChI=1S/C13H10FNO3S/c14-11-8-6-10(7-9-11)13(16)15-19(17,18)12-4-2-1-3-5-12/h1-9H,(H,15,16). The number of nitrogens with one attached hydrogen (secondary N) is 1. The second-order valence-corrected chi connectivity index (χ2v) is 5.44. The van der Waals surface area contributed by atoms with E-state index in [2.05, 4.69) is 0 Å². The summed E-state index contributed by atoms with van der Waals surface area (Å²) in [6, 6.07) is 12.1. The number of sulfonamides is 1. The maximum absolute atomic E-state index is 12.7. The molecule has 0 aliphatic carbocycles. The molecule has 2 aromatic rings. The van der Waals surface area contributed by atoms with Gasteiger partial charge in [-0.1, -0.05) is 18.2 Å². The minimum atomic E-state index is -3.91. The van der Waals surface area contributed by atoms with Crippen LogP contribution in [0.1, 0.15) is 10.4 Å². The lowest BCUT2D eigenvalue weighted by Crippen LogP contribution is -2.30. The fraction of sp³-hybridized carbons (Fsp3) is 0. The van der Waals surface area contributed by atoms with Crippen molar-refractivity contribution >= 4 is 15.9 Å². The SMILES string of the molecule is O=C(NS(=O)(=O)c1ccccc1)c1ccc(F)cc1. The van der Waals surface area contributed by atoms with E-state index in [1.165, 1.54) is 24.3 Å². The van der Waals surface area contributed by atoms with Crippen LogP contribution >= 0.6 is 0 Å². The molecule has 0 radical (unpaired) electrons. The van der Waals surface area contributed by atoms with E-state index in [0.717, 1.165) is 12.1 Å². The average Bonchev–Trinajstić information content (AvgIpc) is 2.40. The Morgan fingerprint density at radius 1 is 0.947 bits per heavy atom. The Hall–Kier alpha value is -2.21. The van der Waals surface area contributed by atoms with Crippen LogP contribution in [0.25, 0.3) is 0 Å². The van der Waals surface area contributed by atoms with Crippen molar-refractivity contribution in [2.75, 3.05) is 0 Å². The molecule has 1 N–H and O–H groups in total. The van der Waals surface area contributed by atoms with E-state index in [9.17, 15) is 17.6 Å². The lowest BCUT2D eigenvalue weighted by molar-refractivity contribution is 0.0981. The zero-order chi connectivity index (χ0) is 13.9. The Balaban J connectivity index is 2.22. The van der Waals surface area contributed by atoms with Gasteiger partial charge in [0.25, 0.3) is 15.9 Å². The van der Waals surface area contributed by atoms with Crippen molar-refractivity contribution in [1.82, 2.24) is 4.72 Å². The number of carbonyl (C=O) groups excluding carboxylic acids is 1. The summed E-state index contributed by atoms with van der Waals surface area (Å²) in [6.45, 7) is 0. The molecule has 4 nitrogen and oxygen atoms in total. The summed E-state index contributed by atoms with van der Waals surface area (Å²) < 4.78 is 38.4. The molecule has 0 bridgehead atoms. The molecule has 0 atom stereocenters. The van der Waals surface area contributed by atoms with Gasteiger partial charge in [-0.2, -0.15) is 0 Å². The Morgan fingerprint density at radius 2 is 1.53 bits per heavy atom. The van der Waals surface area contributed by atoms with Crippen LogP contribution in [-0.2, 0) is 10.0 Å². The zero-order valence-corrected chi connectivity index (χ0v) is 10.5. The fourth-order valence-corrected chi connectivity index (χ4v) is 2.44. The molecule has 0 saturated carbocycles. The number of hydrogen-bond donors (Lipinski definition) is 1. The second-order valence-electron chi connectivity index (χ2n) is 3.75. The molecule has 19 heavy (non-hydrogen) atoms. The van der Waals surface area contributed by atoms with E-state index in [1.54, 1.807) is 18.2 Å². The van der Waals surface area contributed by atoms with E-state index >= 15 is 0 Å². The van der Waals surface area contributed by atoms with Crippen molar-refractivity contribution in [2.45, 2.75) is 4.90 Å². The molecule has 2 aromatic carbocycles. The van der Waals surface area contributed by atoms with Crippen LogP contribution in [-0.4, -0.2) is 14.3 Å². The molecule has 0 aromatic heterocycles. The highest BCUT2D eigenvalue weighted by Gasteiger charge is 2.18. The van der Waals surface area contributed by atoms with Gasteiger partial charge < -0.3 is 0 Å². The van der Waals surface area contributed by atoms with Gasteiger partial charge in [-0.15, -0.1) is 0 Å². The molecule has 0 heterocycles. The molecule has 0 saturated heterocycles. The Bertz CT molecular complexity index is 682. The second kappa shape index (κ2) is 5.19. The third-order valence-corrected chi connectivity index (χ3v) is 3.73. The largest absolute Gasteiger partial charge is 0.268 e. The highest BCUT2D eigenvalue weighted by molar-refractivity contribution is 7.90. The van der Waals surface area contributed by atoms with Crippen molar-refractivity contribution in [2.24, 2.45) is 0 Å². The molecule has 0 spiro atoms. The Morgan fingerprint density at radius 3 is 2.11 bits per heavy atom. The molecule has 0 unspecified atom stereocenters. The predicted octanol–water partition coefficient (Wildman–Crippen LogP) is 1.94. The number of hydrogen-bond acceptors (Lipinski definition) is 3. The normalized spacial score (nSPS) is 11.0. The predicted molar refractivity (Wildman–Crippen MR) is 67.5 cm³/mol. The number of halogens is 1. The van der Waals surface area contributed by atoms with E-state index < -0.39 is 21.7 Å². The molecule has 2 rings (SSSR count). The average molecular weight is 279 g/mol. The summed E-state index contributed by atoms with van der Waals surface area (Å²) >= 11 is 0. The summed E-state index contributed by atoms with van der Waals surface area (Å²) in [5, 5.41) is 0. The van der Waals surface area contributed by atoms with Crippen molar-refractivity contribution in [3.05, 3.63) is 66.0 Å². The first-order chi connectivity index (χ1) is 8.99. The smallest absolute Gasteiger partial charge is 0.265 e. The van der Waals surface area contributed by atoms with Crippen molar-refractivity contribution in [3.63, 3.8) is 0 Å². The van der Waals surface area contributed by atoms with Gasteiger partial charge in [-0.05, 0) is 36.4 Å². The summed E-state index contributed by atoms with van der Waals surface area (Å²) in [5.41, 5.74) is 0.0703. The summed E-state index contributed by atoms with van der Waals surface area (Å²) in [7, 11) is -3.91. The molecule has 0 aliphatic rings. The van der Waals surface area contributed by atoms with E-state index in [0.29, 0.717) is 0 Å². The van der Waals surface area contributed by atoms with Crippen LogP contribution in [0.3, 0.4) is 0 Å². The van der Waals surface area contributed by atoms with Gasteiger partial charge in [0.05, 0.1) is 4.90 Å². The lowest BCUT2D eigenvalue weighted by Gasteiger charge is -2.06. The monoisotopic (exact) mass is 279 g/mol. The third kappa shape index (κ3) is 3.17. The minimum absolute atomic E-state index is 0.00883. The highest BCUT2D eigenvalue weighted by atomic mass is 32.2. The first kappa shape index (κ1) is 13.2. The highest BCUT2D eigenvalue weighted by Crippen LogP contribution is 2.09. The number of rotatable bonds is 3.